The summed E-state index contributed by atoms with van der Waals surface area (Å²) in [4.78, 5) is 14.8. The van der Waals surface area contributed by atoms with Gasteiger partial charge in [-0.2, -0.15) is 0 Å². The third kappa shape index (κ3) is 2.42. The van der Waals surface area contributed by atoms with Crippen LogP contribution in [0.25, 0.3) is 21.9 Å². The van der Waals surface area contributed by atoms with E-state index in [1.54, 1.807) is 6.26 Å². The standard InChI is InChI=1S/C18H12F2N2O2/c19-13-3-4-14(20)17-12(13)8-15(22-17)18(23)21-9-10-1-2-11-5-6-24-16(11)7-10/h1-8,22H,9H2,(H,21,23). The lowest BCUT2D eigenvalue weighted by Crippen LogP contribution is -2.23. The van der Waals surface area contributed by atoms with Crippen molar-refractivity contribution in [3.8, 4) is 0 Å². The number of hydrogen-bond acceptors (Lipinski definition) is 2. The van der Waals surface area contributed by atoms with E-state index in [0.717, 1.165) is 28.7 Å². The number of rotatable bonds is 3. The molecule has 2 heterocycles. The van der Waals surface area contributed by atoms with Crippen molar-refractivity contribution in [3.05, 3.63) is 71.6 Å². The Morgan fingerprint density at radius 2 is 1.92 bits per heavy atom. The Morgan fingerprint density at radius 1 is 1.08 bits per heavy atom. The number of aromatic nitrogens is 1. The normalized spacial score (nSPS) is 11.2. The van der Waals surface area contributed by atoms with E-state index in [4.69, 9.17) is 4.42 Å². The third-order valence-electron chi connectivity index (χ3n) is 3.91. The van der Waals surface area contributed by atoms with Gasteiger partial charge in [-0.25, -0.2) is 8.78 Å². The molecule has 4 rings (SSSR count). The number of halogens is 2. The Morgan fingerprint density at radius 3 is 2.75 bits per heavy atom. The number of aromatic amines is 1. The van der Waals surface area contributed by atoms with Gasteiger partial charge in [-0.1, -0.05) is 12.1 Å². The monoisotopic (exact) mass is 326 g/mol. The molecule has 2 N–H and O–H groups in total. The summed E-state index contributed by atoms with van der Waals surface area (Å²) in [7, 11) is 0. The molecule has 2 aromatic carbocycles. The van der Waals surface area contributed by atoms with Crippen LogP contribution in [0.1, 0.15) is 16.1 Å². The highest BCUT2D eigenvalue weighted by Gasteiger charge is 2.14. The highest BCUT2D eigenvalue weighted by molar-refractivity contribution is 5.98. The van der Waals surface area contributed by atoms with Crippen molar-refractivity contribution in [2.45, 2.75) is 6.54 Å². The van der Waals surface area contributed by atoms with Crippen molar-refractivity contribution in [2.24, 2.45) is 0 Å². The molecule has 0 atom stereocenters. The summed E-state index contributed by atoms with van der Waals surface area (Å²) in [6.07, 6.45) is 1.60. The van der Waals surface area contributed by atoms with Gasteiger partial charge in [-0.15, -0.1) is 0 Å². The number of benzene rings is 2. The van der Waals surface area contributed by atoms with Crippen LogP contribution in [0.4, 0.5) is 8.78 Å². The van der Waals surface area contributed by atoms with Gasteiger partial charge >= 0.3 is 0 Å². The minimum Gasteiger partial charge on any atom is -0.464 e. The van der Waals surface area contributed by atoms with Crippen LogP contribution < -0.4 is 5.32 Å². The number of fused-ring (bicyclic) bond motifs is 2. The molecule has 0 bridgehead atoms. The Hall–Kier alpha value is -3.15. The van der Waals surface area contributed by atoms with Crippen LogP contribution in [0.15, 0.2) is 53.1 Å². The first kappa shape index (κ1) is 14.4. The summed E-state index contributed by atoms with van der Waals surface area (Å²) in [6.45, 7) is 0.274. The Bertz CT molecular complexity index is 1030. The Kier molecular flexibility index (Phi) is 3.30. The first-order chi connectivity index (χ1) is 11.6. The number of carbonyl (C=O) groups excluding carboxylic acids is 1. The zero-order valence-corrected chi connectivity index (χ0v) is 12.4. The first-order valence-corrected chi connectivity index (χ1v) is 7.33. The van der Waals surface area contributed by atoms with Gasteiger partial charge in [0.2, 0.25) is 0 Å². The summed E-state index contributed by atoms with van der Waals surface area (Å²) < 4.78 is 32.7. The SMILES string of the molecule is O=C(NCc1ccc2ccoc2c1)c1cc2c(F)ccc(F)c2[nH]1. The average Bonchev–Trinajstić information content (AvgIpc) is 3.22. The lowest BCUT2D eigenvalue weighted by molar-refractivity contribution is 0.0946. The summed E-state index contributed by atoms with van der Waals surface area (Å²) in [5.74, 6) is -1.62. The zero-order chi connectivity index (χ0) is 16.7. The number of amides is 1. The molecule has 0 unspecified atom stereocenters. The maximum absolute atomic E-state index is 13.7. The van der Waals surface area contributed by atoms with Crippen LogP contribution >= 0.6 is 0 Å². The first-order valence-electron chi connectivity index (χ1n) is 7.33. The molecule has 0 aliphatic rings. The van der Waals surface area contributed by atoms with E-state index in [9.17, 15) is 13.6 Å². The highest BCUT2D eigenvalue weighted by atomic mass is 19.1. The second kappa shape index (κ2) is 5.49. The molecule has 4 aromatic rings. The molecule has 0 fully saturated rings. The largest absolute Gasteiger partial charge is 0.464 e. The summed E-state index contributed by atoms with van der Waals surface area (Å²) in [5, 5.41) is 3.75. The molecule has 0 saturated carbocycles. The fourth-order valence-corrected chi connectivity index (χ4v) is 2.66. The fraction of sp³-hybridized carbons (Fsp3) is 0.0556. The van der Waals surface area contributed by atoms with Gasteiger partial charge < -0.3 is 14.7 Å². The van der Waals surface area contributed by atoms with Crippen molar-refractivity contribution in [2.75, 3.05) is 0 Å². The van der Waals surface area contributed by atoms with Crippen LogP contribution in [0.3, 0.4) is 0 Å². The smallest absolute Gasteiger partial charge is 0.267 e. The van der Waals surface area contributed by atoms with E-state index in [-0.39, 0.29) is 23.1 Å². The topological polar surface area (TPSA) is 58.0 Å². The van der Waals surface area contributed by atoms with Gasteiger partial charge in [0.25, 0.3) is 5.91 Å². The Labute approximate surface area is 135 Å². The van der Waals surface area contributed by atoms with E-state index in [0.29, 0.717) is 0 Å². The average molecular weight is 326 g/mol. The maximum atomic E-state index is 13.7. The second-order valence-corrected chi connectivity index (χ2v) is 5.48. The lowest BCUT2D eigenvalue weighted by Gasteiger charge is -2.04. The minimum absolute atomic E-state index is 0.0165. The van der Waals surface area contributed by atoms with Gasteiger partial charge in [0.1, 0.15) is 22.9 Å². The summed E-state index contributed by atoms with van der Waals surface area (Å²) in [6, 6.07) is 10.8. The van der Waals surface area contributed by atoms with Crippen LogP contribution in [0, 0.1) is 11.6 Å². The molecule has 0 saturated heterocycles. The maximum Gasteiger partial charge on any atom is 0.267 e. The van der Waals surface area contributed by atoms with Crippen molar-refractivity contribution in [3.63, 3.8) is 0 Å². The van der Waals surface area contributed by atoms with Crippen molar-refractivity contribution < 1.29 is 18.0 Å². The number of nitrogens with one attached hydrogen (secondary N) is 2. The van der Waals surface area contributed by atoms with E-state index in [1.165, 1.54) is 6.07 Å². The van der Waals surface area contributed by atoms with E-state index in [1.807, 2.05) is 24.3 Å². The number of furan rings is 1. The summed E-state index contributed by atoms with van der Waals surface area (Å²) >= 11 is 0. The van der Waals surface area contributed by atoms with Gasteiger partial charge in [0, 0.05) is 17.3 Å². The zero-order valence-electron chi connectivity index (χ0n) is 12.4. The lowest BCUT2D eigenvalue weighted by atomic mass is 10.1. The molecule has 1 amide bonds. The third-order valence-corrected chi connectivity index (χ3v) is 3.91. The van der Waals surface area contributed by atoms with Crippen LogP contribution in [-0.4, -0.2) is 10.9 Å². The quantitative estimate of drug-likeness (QED) is 0.595. The van der Waals surface area contributed by atoms with Crippen LogP contribution in [0.2, 0.25) is 0 Å². The van der Waals surface area contributed by atoms with Crippen LogP contribution in [-0.2, 0) is 6.54 Å². The molecule has 0 aliphatic heterocycles. The predicted molar refractivity (Wildman–Crippen MR) is 85.6 cm³/mol. The molecule has 6 heteroatoms. The van der Waals surface area contributed by atoms with Crippen molar-refractivity contribution in [1.29, 1.82) is 0 Å². The van der Waals surface area contributed by atoms with E-state index < -0.39 is 17.5 Å². The van der Waals surface area contributed by atoms with Gasteiger partial charge in [0.05, 0.1) is 11.8 Å². The highest BCUT2D eigenvalue weighted by Crippen LogP contribution is 2.22. The van der Waals surface area contributed by atoms with Gasteiger partial charge in [-0.05, 0) is 35.9 Å². The van der Waals surface area contributed by atoms with E-state index in [2.05, 4.69) is 10.3 Å². The second-order valence-electron chi connectivity index (χ2n) is 5.48. The predicted octanol–water partition coefficient (Wildman–Crippen LogP) is 4.12. The number of carbonyl (C=O) groups is 1. The van der Waals surface area contributed by atoms with Crippen molar-refractivity contribution >= 4 is 27.8 Å². The Balaban J connectivity index is 1.55. The molecule has 0 aliphatic carbocycles. The van der Waals surface area contributed by atoms with Gasteiger partial charge in [0.15, 0.2) is 0 Å². The molecule has 0 radical (unpaired) electrons. The van der Waals surface area contributed by atoms with E-state index >= 15 is 0 Å². The van der Waals surface area contributed by atoms with Crippen LogP contribution in [0.5, 0.6) is 0 Å². The molecule has 120 valence electrons. The molecular formula is C18H12F2N2O2. The molecular weight excluding hydrogens is 314 g/mol. The summed E-state index contributed by atoms with van der Waals surface area (Å²) in [5.41, 5.74) is 1.68. The number of H-pyrrole nitrogens is 1. The molecule has 2 aromatic heterocycles. The van der Waals surface area contributed by atoms with Crippen molar-refractivity contribution in [1.82, 2.24) is 10.3 Å². The molecule has 0 spiro atoms. The number of hydrogen-bond donors (Lipinski definition) is 2. The molecule has 4 nitrogen and oxygen atoms in total. The minimum atomic E-state index is -0.603. The fourth-order valence-electron chi connectivity index (χ4n) is 2.66. The van der Waals surface area contributed by atoms with Gasteiger partial charge in [-0.3, -0.25) is 4.79 Å². The molecule has 24 heavy (non-hydrogen) atoms.